The van der Waals surface area contributed by atoms with E-state index in [-0.39, 0.29) is 16.0 Å². The molecule has 0 aliphatic carbocycles. The molecule has 43 heavy (non-hydrogen) atoms. The van der Waals surface area contributed by atoms with Gasteiger partial charge in [-0.25, -0.2) is 9.97 Å². The fourth-order valence-corrected chi connectivity index (χ4v) is 5.55. The van der Waals surface area contributed by atoms with Crippen molar-refractivity contribution in [3.05, 3.63) is 86.9 Å². The molecule has 0 spiro atoms. The van der Waals surface area contributed by atoms with Crippen molar-refractivity contribution in [3.63, 3.8) is 0 Å². The number of hydrogen-bond donors (Lipinski definition) is 1. The number of nitrogens with two attached hydrogens (primary N) is 1. The molecule has 2 aromatic carbocycles. The van der Waals surface area contributed by atoms with Crippen LogP contribution in [-0.2, 0) is 19.4 Å². The first-order valence-electron chi connectivity index (χ1n) is 14.1. The lowest BCUT2D eigenvalue weighted by Gasteiger charge is -2.19. The molecule has 0 unspecified atom stereocenters. The highest BCUT2D eigenvalue weighted by Crippen LogP contribution is 2.35. The van der Waals surface area contributed by atoms with E-state index in [2.05, 4.69) is 39.1 Å². The molecule has 0 fully saturated rings. The van der Waals surface area contributed by atoms with E-state index in [9.17, 15) is 9.59 Å². The molecule has 0 amide bonds. The molecule has 12 heteroatoms. The first-order chi connectivity index (χ1) is 20.9. The van der Waals surface area contributed by atoms with Gasteiger partial charge in [-0.15, -0.1) is 5.11 Å². The summed E-state index contributed by atoms with van der Waals surface area (Å²) in [5.74, 6) is 7.15. The maximum absolute atomic E-state index is 12.4. The highest BCUT2D eigenvalue weighted by molar-refractivity contribution is 6.32. The third-order valence-corrected chi connectivity index (χ3v) is 7.73. The largest absolute Gasteiger partial charge is 0.320 e. The van der Waals surface area contributed by atoms with Crippen molar-refractivity contribution in [3.8, 4) is 16.8 Å². The van der Waals surface area contributed by atoms with Gasteiger partial charge in [0.25, 0.3) is 0 Å². The summed E-state index contributed by atoms with van der Waals surface area (Å²) in [6.07, 6.45) is 6.43. The number of nitrogens with zero attached hydrogens (tertiary/aromatic N) is 7. The topological polar surface area (TPSA) is 133 Å². The zero-order chi connectivity index (χ0) is 30.9. The molecule has 10 nitrogen and oxygen atoms in total. The van der Waals surface area contributed by atoms with Crippen LogP contribution in [0.2, 0.25) is 10.3 Å². The Balaban J connectivity index is 2.00. The minimum absolute atomic E-state index is 0.130. The van der Waals surface area contributed by atoms with Gasteiger partial charge in [-0.2, -0.15) is 0 Å². The van der Waals surface area contributed by atoms with E-state index in [1.54, 1.807) is 7.05 Å². The van der Waals surface area contributed by atoms with Gasteiger partial charge in [0.1, 0.15) is 23.0 Å². The molecule has 4 aromatic rings. The first kappa shape index (κ1) is 31.8. The summed E-state index contributed by atoms with van der Waals surface area (Å²) in [4.78, 5) is 37.7. The van der Waals surface area contributed by atoms with E-state index in [0.717, 1.165) is 60.8 Å². The second-order valence-electron chi connectivity index (χ2n) is 9.93. The maximum Gasteiger partial charge on any atom is 0.179 e. The lowest BCUT2D eigenvalue weighted by Crippen LogP contribution is -2.12. The molecule has 2 N–H and O–H groups in total. The van der Waals surface area contributed by atoms with Crippen LogP contribution in [0.15, 0.2) is 57.8 Å². The van der Waals surface area contributed by atoms with Crippen molar-refractivity contribution in [1.29, 1.82) is 0 Å². The zero-order valence-electron chi connectivity index (χ0n) is 24.4. The van der Waals surface area contributed by atoms with Crippen molar-refractivity contribution >= 4 is 41.6 Å². The number of benzene rings is 2. The quantitative estimate of drug-likeness (QED) is 0.0425. The monoisotopic (exact) mass is 620 g/mol. The van der Waals surface area contributed by atoms with E-state index >= 15 is 0 Å². The van der Waals surface area contributed by atoms with Crippen LogP contribution in [0.25, 0.3) is 16.8 Å². The standard InChI is InChI=1S/C31H34Cl2N8O2/c1-4-6-12-27-36-29(32)25(18-42)40(27)17-20-14-15-22(21-10-8-9-11-23(21)31(35-3)38-39-34)24(16-20)41-26(19-43)30(33)37-28(41)13-7-5-2/h8-11,14-16,18-19H,4-7,12-13,17H2,1-3H3,(H2,34,35,38). The van der Waals surface area contributed by atoms with E-state index in [0.29, 0.717) is 48.0 Å². The van der Waals surface area contributed by atoms with Crippen LogP contribution >= 0.6 is 23.2 Å². The summed E-state index contributed by atoms with van der Waals surface area (Å²) in [6, 6.07) is 13.5. The number of aliphatic imine (C=N–C) groups is 1. The van der Waals surface area contributed by atoms with Crippen LogP contribution < -0.4 is 5.84 Å². The first-order valence-corrected chi connectivity index (χ1v) is 14.9. The van der Waals surface area contributed by atoms with E-state index < -0.39 is 0 Å². The van der Waals surface area contributed by atoms with Gasteiger partial charge in [0, 0.05) is 37.6 Å². The average Bonchev–Trinajstić information content (AvgIpc) is 3.51. The summed E-state index contributed by atoms with van der Waals surface area (Å²) in [6.45, 7) is 4.53. The van der Waals surface area contributed by atoms with Crippen molar-refractivity contribution in [2.75, 3.05) is 7.05 Å². The Bertz CT molecular complexity index is 1670. The summed E-state index contributed by atoms with van der Waals surface area (Å²) < 4.78 is 3.66. The van der Waals surface area contributed by atoms with E-state index in [1.165, 1.54) is 0 Å². The average molecular weight is 622 g/mol. The summed E-state index contributed by atoms with van der Waals surface area (Å²) >= 11 is 12.9. The normalized spacial score (nSPS) is 11.9. The molecule has 0 saturated heterocycles. The Labute approximate surface area is 260 Å². The van der Waals surface area contributed by atoms with Gasteiger partial charge in [0.05, 0.1) is 5.69 Å². The maximum atomic E-state index is 12.4. The molecule has 4 rings (SSSR count). The number of aryl methyl sites for hydroxylation is 2. The second kappa shape index (κ2) is 14.8. The number of carbonyl (C=O) groups excluding carboxylic acids is 2. The predicted molar refractivity (Wildman–Crippen MR) is 170 cm³/mol. The van der Waals surface area contributed by atoms with Crippen molar-refractivity contribution < 1.29 is 9.59 Å². The number of imidazole rings is 2. The molecular formula is C31H34Cl2N8O2. The fourth-order valence-electron chi connectivity index (χ4n) is 5.08. The Morgan fingerprint density at radius 2 is 1.56 bits per heavy atom. The molecule has 2 heterocycles. The molecule has 0 aliphatic heterocycles. The molecule has 0 atom stereocenters. The van der Waals surface area contributed by atoms with Gasteiger partial charge in [-0.3, -0.25) is 19.1 Å². The van der Waals surface area contributed by atoms with Crippen LogP contribution in [0.5, 0.6) is 0 Å². The van der Waals surface area contributed by atoms with Crippen molar-refractivity contribution in [1.82, 2.24) is 19.1 Å². The molecule has 224 valence electrons. The van der Waals surface area contributed by atoms with Gasteiger partial charge >= 0.3 is 0 Å². The molecule has 0 aliphatic rings. The molecule has 0 saturated carbocycles. The van der Waals surface area contributed by atoms with E-state index in [1.807, 2.05) is 51.6 Å². The molecule has 0 radical (unpaired) electrons. The number of hydrogen-bond acceptors (Lipinski definition) is 6. The molecular weight excluding hydrogens is 587 g/mol. The van der Waals surface area contributed by atoms with Crippen LogP contribution in [0.3, 0.4) is 0 Å². The SMILES string of the molecule is CCCCc1nc(Cl)c(C=O)n1Cc1ccc(-c2ccccc2C(N=NN)=NC)c(-n2c(CCCC)nc(Cl)c2C=O)c1. The van der Waals surface area contributed by atoms with Crippen LogP contribution in [-0.4, -0.2) is 44.6 Å². The smallest absolute Gasteiger partial charge is 0.179 e. The predicted octanol–water partition coefficient (Wildman–Crippen LogP) is 7.10. The van der Waals surface area contributed by atoms with Crippen molar-refractivity contribution in [2.45, 2.75) is 58.9 Å². The third-order valence-electron chi connectivity index (χ3n) is 7.18. The number of aromatic nitrogens is 4. The Kier molecular flexibility index (Phi) is 11.0. The Hall–Kier alpha value is -4.15. The Morgan fingerprint density at radius 3 is 2.21 bits per heavy atom. The number of halogens is 2. The highest BCUT2D eigenvalue weighted by atomic mass is 35.5. The number of rotatable bonds is 13. The molecule has 2 aromatic heterocycles. The number of aldehydes is 2. The van der Waals surface area contributed by atoms with Gasteiger partial charge in [-0.1, -0.05) is 91.5 Å². The van der Waals surface area contributed by atoms with Crippen molar-refractivity contribution in [2.24, 2.45) is 21.2 Å². The summed E-state index contributed by atoms with van der Waals surface area (Å²) in [7, 11) is 1.62. The summed E-state index contributed by atoms with van der Waals surface area (Å²) in [5.41, 5.74) is 4.40. The lowest BCUT2D eigenvalue weighted by atomic mass is 9.95. The van der Waals surface area contributed by atoms with Gasteiger partial charge < -0.3 is 10.4 Å². The minimum Gasteiger partial charge on any atom is -0.320 e. The van der Waals surface area contributed by atoms with Crippen LogP contribution in [0, 0.1) is 0 Å². The number of unbranched alkanes of at least 4 members (excludes halogenated alkanes) is 2. The fraction of sp³-hybridized carbons (Fsp3) is 0.323. The van der Waals surface area contributed by atoms with Gasteiger partial charge in [0.15, 0.2) is 28.7 Å². The Morgan fingerprint density at radius 1 is 0.907 bits per heavy atom. The summed E-state index contributed by atoms with van der Waals surface area (Å²) in [5, 5.41) is 7.79. The molecule has 0 bridgehead atoms. The van der Waals surface area contributed by atoms with Crippen LogP contribution in [0.1, 0.15) is 83.3 Å². The van der Waals surface area contributed by atoms with E-state index in [4.69, 9.17) is 29.0 Å². The third kappa shape index (κ3) is 6.76. The number of carbonyl (C=O) groups is 2. The highest BCUT2D eigenvalue weighted by Gasteiger charge is 2.23. The van der Waals surface area contributed by atoms with Gasteiger partial charge in [-0.05, 0) is 30.0 Å². The second-order valence-corrected chi connectivity index (χ2v) is 10.6. The lowest BCUT2D eigenvalue weighted by molar-refractivity contribution is 0.110. The van der Waals surface area contributed by atoms with Crippen LogP contribution in [0.4, 0.5) is 0 Å². The zero-order valence-corrected chi connectivity index (χ0v) is 25.9. The number of amidine groups is 1. The minimum atomic E-state index is 0.130. The van der Waals surface area contributed by atoms with Gasteiger partial charge in [0.2, 0.25) is 0 Å².